The topological polar surface area (TPSA) is 135 Å². The van der Waals surface area contributed by atoms with Crippen LogP contribution in [-0.4, -0.2) is 63.6 Å². The highest BCUT2D eigenvalue weighted by atomic mass is 16.5. The number of anilines is 3. The third-order valence-corrected chi connectivity index (χ3v) is 7.45. The molecule has 3 aromatic heterocycles. The summed E-state index contributed by atoms with van der Waals surface area (Å²) in [4.78, 5) is 30.9. The maximum absolute atomic E-state index is 13.4. The van der Waals surface area contributed by atoms with E-state index in [9.17, 15) is 14.7 Å². The van der Waals surface area contributed by atoms with Gasteiger partial charge in [0, 0.05) is 38.4 Å². The highest BCUT2D eigenvalue weighted by Gasteiger charge is 2.42. The Morgan fingerprint density at radius 3 is 2.83 bits per heavy atom. The average molecular weight is 496 g/mol. The first-order chi connectivity index (χ1) is 17.5. The average Bonchev–Trinajstić information content (AvgIpc) is 3.57. The number of aliphatic hydroxyl groups is 1. The molecule has 36 heavy (non-hydrogen) atoms. The van der Waals surface area contributed by atoms with Crippen LogP contribution in [0.2, 0.25) is 0 Å². The van der Waals surface area contributed by atoms with Crippen molar-refractivity contribution >= 4 is 28.9 Å². The Balaban J connectivity index is 1.44. The van der Waals surface area contributed by atoms with E-state index in [1.807, 2.05) is 12.3 Å². The maximum atomic E-state index is 13.4. The van der Waals surface area contributed by atoms with Gasteiger partial charge in [-0.1, -0.05) is 12.8 Å². The molecule has 11 heteroatoms. The minimum atomic E-state index is -0.304. The molecule has 2 fully saturated rings. The Morgan fingerprint density at radius 1 is 1.31 bits per heavy atom. The summed E-state index contributed by atoms with van der Waals surface area (Å²) in [5.74, 6) is 0.720. The van der Waals surface area contributed by atoms with Crippen molar-refractivity contribution in [1.82, 2.24) is 24.5 Å². The smallest absolute Gasteiger partial charge is 0.274 e. The lowest BCUT2D eigenvalue weighted by Crippen LogP contribution is -2.36. The predicted octanol–water partition coefficient (Wildman–Crippen LogP) is 2.31. The van der Waals surface area contributed by atoms with Gasteiger partial charge in [0.1, 0.15) is 22.9 Å². The van der Waals surface area contributed by atoms with Crippen LogP contribution in [-0.2, 0) is 4.74 Å². The monoisotopic (exact) mass is 495 g/mol. The highest BCUT2D eigenvalue weighted by Crippen LogP contribution is 2.44. The Bertz CT molecular complexity index is 1310. The molecule has 0 aliphatic heterocycles. The summed E-state index contributed by atoms with van der Waals surface area (Å²) in [6, 6.07) is 5.29. The number of fused-ring (bicyclic) bond motifs is 1. The van der Waals surface area contributed by atoms with Gasteiger partial charge in [0.2, 0.25) is 0 Å². The normalized spacial score (nSPS) is 20.8. The number of methoxy groups -OCH3 is 1. The van der Waals surface area contributed by atoms with E-state index < -0.39 is 0 Å². The van der Waals surface area contributed by atoms with Gasteiger partial charge in [-0.2, -0.15) is 9.61 Å². The second kappa shape index (κ2) is 9.90. The lowest BCUT2D eigenvalue weighted by molar-refractivity contribution is 0.0278. The molecular formula is C25H33N7O4. The predicted molar refractivity (Wildman–Crippen MR) is 136 cm³/mol. The molecule has 2 saturated carbocycles. The zero-order valence-corrected chi connectivity index (χ0v) is 20.7. The fraction of sp³-hybridized carbons (Fsp3) is 0.520. The molecule has 0 aromatic carbocycles. The Kier molecular flexibility index (Phi) is 6.67. The number of amides is 1. The number of ether oxygens (including phenoxy) is 1. The van der Waals surface area contributed by atoms with Crippen LogP contribution >= 0.6 is 0 Å². The first-order valence-electron chi connectivity index (χ1n) is 12.5. The van der Waals surface area contributed by atoms with Crippen LogP contribution in [0.4, 0.5) is 17.3 Å². The van der Waals surface area contributed by atoms with Gasteiger partial charge in [0.15, 0.2) is 5.65 Å². The van der Waals surface area contributed by atoms with Gasteiger partial charge < -0.3 is 30.4 Å². The second-order valence-electron chi connectivity index (χ2n) is 9.80. The Morgan fingerprint density at radius 2 is 2.11 bits per heavy atom. The third kappa shape index (κ3) is 4.56. The number of rotatable bonds is 9. The molecule has 3 heterocycles. The number of aliphatic hydroxyl groups excluding tert-OH is 1. The molecule has 11 nitrogen and oxygen atoms in total. The van der Waals surface area contributed by atoms with Crippen molar-refractivity contribution in [2.75, 3.05) is 37.9 Å². The van der Waals surface area contributed by atoms with E-state index in [1.54, 1.807) is 35.4 Å². The van der Waals surface area contributed by atoms with Crippen LogP contribution in [0.25, 0.3) is 5.65 Å². The van der Waals surface area contributed by atoms with Crippen molar-refractivity contribution in [3.63, 3.8) is 0 Å². The van der Waals surface area contributed by atoms with E-state index in [0.29, 0.717) is 35.1 Å². The number of carbonyl (C=O) groups excluding carboxylic acids is 1. The summed E-state index contributed by atoms with van der Waals surface area (Å²) >= 11 is 0. The van der Waals surface area contributed by atoms with E-state index >= 15 is 0 Å². The number of aromatic nitrogens is 4. The lowest BCUT2D eigenvalue weighted by Gasteiger charge is -2.32. The summed E-state index contributed by atoms with van der Waals surface area (Å²) in [6.07, 6.45) is 9.07. The van der Waals surface area contributed by atoms with Crippen LogP contribution in [0, 0.1) is 5.41 Å². The summed E-state index contributed by atoms with van der Waals surface area (Å²) in [5.41, 5.74) is 0.714. The van der Waals surface area contributed by atoms with Gasteiger partial charge in [0.05, 0.1) is 24.9 Å². The van der Waals surface area contributed by atoms with Crippen molar-refractivity contribution < 1.29 is 14.6 Å². The molecule has 3 aromatic rings. The number of nitrogens with zero attached hydrogens (tertiary/aromatic N) is 4. The maximum Gasteiger partial charge on any atom is 0.274 e. The van der Waals surface area contributed by atoms with E-state index in [-0.39, 0.29) is 35.6 Å². The molecule has 0 spiro atoms. The molecule has 2 aliphatic rings. The third-order valence-electron chi connectivity index (χ3n) is 7.45. The van der Waals surface area contributed by atoms with E-state index in [1.165, 1.54) is 6.20 Å². The second-order valence-corrected chi connectivity index (χ2v) is 9.80. The molecule has 1 unspecified atom stereocenters. The van der Waals surface area contributed by atoms with Crippen molar-refractivity contribution in [3.05, 3.63) is 46.5 Å². The highest BCUT2D eigenvalue weighted by molar-refractivity contribution is 6.00. The Labute approximate surface area is 208 Å². The fourth-order valence-electron chi connectivity index (χ4n) is 4.97. The molecule has 192 valence electrons. The molecule has 5 rings (SSSR count). The van der Waals surface area contributed by atoms with E-state index in [4.69, 9.17) is 4.74 Å². The standard InChI is InChI=1S/C25H33N7O4/c1-26-21-12-20(29-17-6-5-11-31(24(17)35)18-7-3-4-8-19(18)36-2)30-22-16(13-28-32(21)22)23(34)27-14-25(15-33)9-10-25/h5-6,11-13,18-19,26,33H,3-4,7-10,14-15H2,1-2H3,(H,27,34)(H,29,30)/t18?,19-/m0/s1. The summed E-state index contributed by atoms with van der Waals surface area (Å²) in [6.45, 7) is 0.461. The quantitative estimate of drug-likeness (QED) is 0.355. The van der Waals surface area contributed by atoms with Crippen LogP contribution in [0.1, 0.15) is 54.9 Å². The van der Waals surface area contributed by atoms with Crippen molar-refractivity contribution in [2.45, 2.75) is 50.7 Å². The van der Waals surface area contributed by atoms with Gasteiger partial charge >= 0.3 is 0 Å². The summed E-state index contributed by atoms with van der Waals surface area (Å²) in [5, 5.41) is 23.0. The van der Waals surface area contributed by atoms with Crippen LogP contribution < -0.4 is 21.5 Å². The minimum absolute atomic E-state index is 0.00513. The van der Waals surface area contributed by atoms with Crippen molar-refractivity contribution in [3.8, 4) is 0 Å². The van der Waals surface area contributed by atoms with E-state index in [0.717, 1.165) is 38.5 Å². The van der Waals surface area contributed by atoms with Crippen molar-refractivity contribution in [2.24, 2.45) is 5.41 Å². The summed E-state index contributed by atoms with van der Waals surface area (Å²) in [7, 11) is 3.45. The number of hydrogen-bond acceptors (Lipinski definition) is 8. The van der Waals surface area contributed by atoms with Crippen LogP contribution in [0.5, 0.6) is 0 Å². The molecule has 2 atom stereocenters. The SMILES string of the molecule is CNc1cc(Nc2cccn(C3CCCC[C@@H]3OC)c2=O)nc2c(C(=O)NCC3(CO)CC3)cnn12. The molecule has 0 saturated heterocycles. The molecule has 0 radical (unpaired) electrons. The number of hydrogen-bond donors (Lipinski definition) is 4. The van der Waals surface area contributed by atoms with Gasteiger partial charge in [-0.15, -0.1) is 0 Å². The molecule has 4 N–H and O–H groups in total. The fourth-order valence-corrected chi connectivity index (χ4v) is 4.97. The van der Waals surface area contributed by atoms with Gasteiger partial charge in [-0.25, -0.2) is 4.98 Å². The van der Waals surface area contributed by atoms with Crippen molar-refractivity contribution in [1.29, 1.82) is 0 Å². The minimum Gasteiger partial charge on any atom is -0.396 e. The number of nitrogens with one attached hydrogen (secondary N) is 3. The summed E-state index contributed by atoms with van der Waals surface area (Å²) < 4.78 is 8.97. The van der Waals surface area contributed by atoms with Gasteiger partial charge in [-0.3, -0.25) is 9.59 Å². The zero-order chi connectivity index (χ0) is 25.3. The molecule has 1 amide bonds. The van der Waals surface area contributed by atoms with E-state index in [2.05, 4.69) is 26.0 Å². The number of pyridine rings is 1. The Hall–Kier alpha value is -3.44. The van der Waals surface area contributed by atoms with Gasteiger partial charge in [-0.05, 0) is 37.8 Å². The zero-order valence-electron chi connectivity index (χ0n) is 20.7. The first kappa shape index (κ1) is 24.3. The van der Waals surface area contributed by atoms with Gasteiger partial charge in [0.25, 0.3) is 11.5 Å². The lowest BCUT2D eigenvalue weighted by atomic mass is 9.92. The van der Waals surface area contributed by atoms with Crippen LogP contribution in [0.3, 0.4) is 0 Å². The molecule has 2 aliphatic carbocycles. The molecule has 0 bridgehead atoms. The molecular weight excluding hydrogens is 462 g/mol. The first-order valence-corrected chi connectivity index (χ1v) is 12.5. The van der Waals surface area contributed by atoms with Crippen LogP contribution in [0.15, 0.2) is 35.4 Å². The number of carbonyl (C=O) groups is 1. The largest absolute Gasteiger partial charge is 0.396 e.